The molecule has 2 fully saturated rings. The third-order valence-electron chi connectivity index (χ3n) is 7.45. The summed E-state index contributed by atoms with van der Waals surface area (Å²) in [6, 6.07) is 8.35. The summed E-state index contributed by atoms with van der Waals surface area (Å²) in [5, 5.41) is 16.8. The number of nitrogens with zero attached hydrogens (tertiary/aromatic N) is 3. The highest BCUT2D eigenvalue weighted by molar-refractivity contribution is 6.38. The van der Waals surface area contributed by atoms with Crippen LogP contribution in [0.2, 0.25) is 0 Å². The summed E-state index contributed by atoms with van der Waals surface area (Å²) < 4.78 is 0. The highest BCUT2D eigenvalue weighted by Crippen LogP contribution is 2.17. The molecule has 2 aliphatic rings. The lowest BCUT2D eigenvalue weighted by Gasteiger charge is -2.35. The van der Waals surface area contributed by atoms with Crippen LogP contribution in [0.3, 0.4) is 0 Å². The van der Waals surface area contributed by atoms with Gasteiger partial charge in [-0.1, -0.05) is 30.3 Å². The smallest absolute Gasteiger partial charge is 0.289 e. The molecule has 224 valence electrons. The van der Waals surface area contributed by atoms with Gasteiger partial charge < -0.3 is 30.8 Å². The van der Waals surface area contributed by atoms with E-state index in [-0.39, 0.29) is 44.4 Å². The molecule has 0 aromatic heterocycles. The second-order valence-electron chi connectivity index (χ2n) is 10.5. The normalized spacial score (nSPS) is 16.7. The van der Waals surface area contributed by atoms with Gasteiger partial charge in [0.1, 0.15) is 13.1 Å². The van der Waals surface area contributed by atoms with Crippen LogP contribution in [0.15, 0.2) is 30.3 Å². The van der Waals surface area contributed by atoms with Crippen molar-refractivity contribution in [3.05, 3.63) is 35.9 Å². The Morgan fingerprint density at radius 1 is 1.10 bits per heavy atom. The van der Waals surface area contributed by atoms with Crippen molar-refractivity contribution in [3.8, 4) is 0 Å². The molecule has 2 aliphatic heterocycles. The number of nitrogens with one attached hydrogen (secondary N) is 4. The highest BCUT2D eigenvalue weighted by atomic mass is 16.2. The van der Waals surface area contributed by atoms with Crippen molar-refractivity contribution in [3.63, 3.8) is 0 Å². The molecule has 41 heavy (non-hydrogen) atoms. The van der Waals surface area contributed by atoms with E-state index in [0.29, 0.717) is 25.3 Å². The van der Waals surface area contributed by atoms with Crippen molar-refractivity contribution < 1.29 is 24.0 Å². The van der Waals surface area contributed by atoms with Gasteiger partial charge in [0.05, 0.1) is 18.9 Å². The van der Waals surface area contributed by atoms with Gasteiger partial charge >= 0.3 is 0 Å². The number of ketones is 1. The van der Waals surface area contributed by atoms with Crippen LogP contribution in [0.4, 0.5) is 0 Å². The summed E-state index contributed by atoms with van der Waals surface area (Å²) in [6.45, 7) is 2.24. The number of carbonyl (C=O) groups is 5. The van der Waals surface area contributed by atoms with Gasteiger partial charge in [0.2, 0.25) is 23.5 Å². The zero-order valence-corrected chi connectivity index (χ0v) is 23.5. The molecule has 1 aromatic rings. The average molecular weight is 571 g/mol. The Bertz CT molecular complexity index is 1060. The topological polar surface area (TPSA) is 181 Å². The molecule has 4 amide bonds. The molecule has 6 N–H and O–H groups in total. The van der Waals surface area contributed by atoms with Gasteiger partial charge in [0, 0.05) is 19.6 Å². The molecule has 2 saturated heterocycles. The zero-order chi connectivity index (χ0) is 29.6. The molecular weight excluding hydrogens is 528 g/mol. The summed E-state index contributed by atoms with van der Waals surface area (Å²) in [4.78, 5) is 66.6. The van der Waals surface area contributed by atoms with Crippen molar-refractivity contribution in [2.24, 2.45) is 11.8 Å². The number of piperazine rings is 1. The first kappa shape index (κ1) is 31.7. The number of benzene rings is 1. The fraction of sp³-hybridized carbons (Fsp3) is 0.571. The lowest BCUT2D eigenvalue weighted by atomic mass is 9.94. The van der Waals surface area contributed by atoms with E-state index in [1.807, 2.05) is 30.3 Å². The van der Waals surface area contributed by atoms with E-state index in [1.54, 1.807) is 4.90 Å². The molecule has 13 nitrogen and oxygen atoms in total. The largest absolute Gasteiger partial charge is 0.349 e. The van der Waals surface area contributed by atoms with Crippen molar-refractivity contribution >= 4 is 35.8 Å². The third-order valence-corrected chi connectivity index (χ3v) is 7.45. The number of hydrogen-bond donors (Lipinski definition) is 5. The maximum absolute atomic E-state index is 13.0. The van der Waals surface area contributed by atoms with Crippen molar-refractivity contribution in [2.75, 3.05) is 52.4 Å². The van der Waals surface area contributed by atoms with Crippen LogP contribution in [0.5, 0.6) is 0 Å². The van der Waals surface area contributed by atoms with Crippen LogP contribution < -0.4 is 21.8 Å². The predicted octanol–water partition coefficient (Wildman–Crippen LogP) is -0.977. The van der Waals surface area contributed by atoms with Crippen LogP contribution in [-0.4, -0.2) is 109 Å². The Hall–Kier alpha value is -3.84. The van der Waals surface area contributed by atoms with Crippen molar-refractivity contribution in [1.29, 1.82) is 5.41 Å². The van der Waals surface area contributed by atoms with Crippen LogP contribution in [0, 0.1) is 11.3 Å². The Morgan fingerprint density at radius 2 is 1.78 bits per heavy atom. The summed E-state index contributed by atoms with van der Waals surface area (Å²) in [5.74, 6) is 3.30. The second kappa shape index (κ2) is 16.4. The lowest BCUT2D eigenvalue weighted by molar-refractivity contribution is -0.151. The first-order valence-corrected chi connectivity index (χ1v) is 14.2. The first-order chi connectivity index (χ1) is 19.8. The Kier molecular flexibility index (Phi) is 12.7. The summed E-state index contributed by atoms with van der Waals surface area (Å²) in [5.41, 5.74) is 1.00. The quantitative estimate of drug-likeness (QED) is 0.0553. The van der Waals surface area contributed by atoms with Gasteiger partial charge in [-0.05, 0) is 63.1 Å². The molecule has 13 heteroatoms. The summed E-state index contributed by atoms with van der Waals surface area (Å²) in [7, 11) is 0. The van der Waals surface area contributed by atoms with Crippen molar-refractivity contribution in [2.45, 2.75) is 44.6 Å². The number of hydrogen-bond acceptors (Lipinski definition) is 8. The summed E-state index contributed by atoms with van der Waals surface area (Å²) in [6.07, 6.45) is 4.85. The maximum atomic E-state index is 13.0. The molecule has 0 bridgehead atoms. The van der Waals surface area contributed by atoms with Crippen molar-refractivity contribution in [1.82, 2.24) is 30.8 Å². The fourth-order valence-corrected chi connectivity index (χ4v) is 4.99. The van der Waals surface area contributed by atoms with Crippen LogP contribution >= 0.6 is 0 Å². The molecular formula is C28H42N8O5. The number of nitrogens with two attached hydrogens (primary N) is 1. The maximum Gasteiger partial charge on any atom is 0.289 e. The van der Waals surface area contributed by atoms with Gasteiger partial charge in [-0.15, -0.1) is 0 Å². The van der Waals surface area contributed by atoms with E-state index >= 15 is 0 Å². The van der Waals surface area contributed by atoms with Gasteiger partial charge in [0.25, 0.3) is 5.91 Å². The number of Topliss-reactive ketones (excluding diaryl/α,β-unsaturated/α-hetero) is 1. The molecule has 3 rings (SSSR count). The first-order valence-electron chi connectivity index (χ1n) is 14.2. The minimum atomic E-state index is -1.14. The number of carbonyl (C=O) groups excluding carboxylic acids is 5. The van der Waals surface area contributed by atoms with Gasteiger partial charge in [-0.3, -0.25) is 29.4 Å². The van der Waals surface area contributed by atoms with E-state index in [9.17, 15) is 24.0 Å². The van der Waals surface area contributed by atoms with E-state index in [1.165, 1.54) is 4.90 Å². The molecule has 2 heterocycles. The molecule has 1 atom stereocenters. The number of rotatable bonds is 16. The summed E-state index contributed by atoms with van der Waals surface area (Å²) >= 11 is 0. The number of piperidine rings is 1. The third kappa shape index (κ3) is 10.6. The minimum absolute atomic E-state index is 0.0841. The molecule has 0 radical (unpaired) electrons. The predicted molar refractivity (Wildman–Crippen MR) is 152 cm³/mol. The zero-order valence-electron chi connectivity index (χ0n) is 23.5. The van der Waals surface area contributed by atoms with Gasteiger partial charge in [-0.25, -0.2) is 5.84 Å². The number of amides is 4. The molecule has 0 unspecified atom stereocenters. The van der Waals surface area contributed by atoms with Gasteiger partial charge in [0.15, 0.2) is 0 Å². The molecule has 0 aliphatic carbocycles. The average Bonchev–Trinajstić information content (AvgIpc) is 2.98. The van der Waals surface area contributed by atoms with E-state index in [2.05, 4.69) is 16.0 Å². The Balaban J connectivity index is 1.51. The second-order valence-corrected chi connectivity index (χ2v) is 10.5. The monoisotopic (exact) mass is 570 g/mol. The minimum Gasteiger partial charge on any atom is -0.349 e. The highest BCUT2D eigenvalue weighted by Gasteiger charge is 2.33. The van der Waals surface area contributed by atoms with E-state index < -0.39 is 30.2 Å². The molecule has 0 spiro atoms. The fourth-order valence-electron chi connectivity index (χ4n) is 4.99. The van der Waals surface area contributed by atoms with E-state index in [0.717, 1.165) is 49.3 Å². The van der Waals surface area contributed by atoms with Gasteiger partial charge in [-0.2, -0.15) is 0 Å². The molecule has 1 aromatic carbocycles. The van der Waals surface area contributed by atoms with E-state index in [4.69, 9.17) is 11.3 Å². The number of hydrazine groups is 1. The standard InChI is InChI=1S/C28H42N8O5/c29-20-36(30)15-4-7-23(27(40)28(41)32-14-10-21-5-2-1-3-6-21)33-24(37)17-35-19-25(38)34(18-26(35)39)16-11-22-8-12-31-13-9-22/h1-3,5-6,20,22-23,29,31H,4,7-19,30H2,(H,32,41)(H,33,37)/t23-/m0/s1. The lowest BCUT2D eigenvalue weighted by Crippen LogP contribution is -2.57. The van der Waals surface area contributed by atoms with Crippen LogP contribution in [0.1, 0.15) is 37.7 Å². The Labute approximate surface area is 240 Å². The van der Waals surface area contributed by atoms with Crippen LogP contribution in [-0.2, 0) is 30.4 Å². The molecule has 0 saturated carbocycles. The van der Waals surface area contributed by atoms with Crippen LogP contribution in [0.25, 0.3) is 0 Å². The Morgan fingerprint density at radius 3 is 2.49 bits per heavy atom. The SMILES string of the molecule is N=CN(N)CCC[C@H](NC(=O)CN1CC(=O)N(CCC2CCNCC2)CC1=O)C(=O)C(=O)NCCc1ccccc1.